The molecule has 10 heteroatoms. The predicted octanol–water partition coefficient (Wildman–Crippen LogP) is 2.57. The minimum atomic E-state index is -1.02. The fourth-order valence-corrected chi connectivity index (χ4v) is 4.48. The van der Waals surface area contributed by atoms with E-state index in [1.165, 1.54) is 6.07 Å². The summed E-state index contributed by atoms with van der Waals surface area (Å²) in [5.74, 6) is -1.71. The molecule has 3 aromatic rings. The summed E-state index contributed by atoms with van der Waals surface area (Å²) in [5.41, 5.74) is 2.01. The van der Waals surface area contributed by atoms with Crippen LogP contribution >= 0.6 is 0 Å². The van der Waals surface area contributed by atoms with Crippen LogP contribution in [0.3, 0.4) is 0 Å². The van der Waals surface area contributed by atoms with Crippen molar-refractivity contribution in [2.75, 3.05) is 25.0 Å². The van der Waals surface area contributed by atoms with Gasteiger partial charge in [0.25, 0.3) is 0 Å². The van der Waals surface area contributed by atoms with Crippen molar-refractivity contribution in [3.05, 3.63) is 70.9 Å². The van der Waals surface area contributed by atoms with E-state index in [1.54, 1.807) is 17.0 Å². The number of fused-ring (bicyclic) bond motifs is 1. The third kappa shape index (κ3) is 4.00. The molecular formula is C24H23F2N5O3. The molecule has 2 unspecified atom stereocenters. The topological polar surface area (TPSA) is 111 Å². The summed E-state index contributed by atoms with van der Waals surface area (Å²) in [6.45, 7) is 1.10. The van der Waals surface area contributed by atoms with Crippen LogP contribution in [0.15, 0.2) is 42.5 Å². The monoisotopic (exact) mass is 467 g/mol. The Labute approximate surface area is 194 Å². The van der Waals surface area contributed by atoms with Gasteiger partial charge in [-0.1, -0.05) is 18.2 Å². The lowest BCUT2D eigenvalue weighted by Gasteiger charge is -2.16. The van der Waals surface area contributed by atoms with E-state index in [-0.39, 0.29) is 42.2 Å². The number of halogens is 2. The van der Waals surface area contributed by atoms with Gasteiger partial charge in [-0.15, -0.1) is 0 Å². The number of aliphatic hydroxyl groups is 2. The predicted molar refractivity (Wildman–Crippen MR) is 120 cm³/mol. The second-order valence-electron chi connectivity index (χ2n) is 8.27. The lowest BCUT2D eigenvalue weighted by molar-refractivity contribution is -0.129. The van der Waals surface area contributed by atoms with Crippen LogP contribution in [0.2, 0.25) is 0 Å². The zero-order chi connectivity index (χ0) is 23.8. The first kappa shape index (κ1) is 22.3. The molecule has 1 aromatic heterocycles. The Balaban J connectivity index is 1.44. The standard InChI is InChI=1S/C24H23F2N5O3/c25-16-2-1-3-17(26)19(16)21-29-18-12-27-23(33)20(18)22(30-21)28-14-6-4-13(5-7-14)15-8-9-31(10-11-32)24(15)34/h1-7,15,23,27,32-33H,8-12H2,(H,28,29,30). The van der Waals surface area contributed by atoms with Crippen LogP contribution in [0.4, 0.5) is 20.3 Å². The molecule has 4 N–H and O–H groups in total. The largest absolute Gasteiger partial charge is 0.395 e. The Morgan fingerprint density at radius 1 is 1.12 bits per heavy atom. The highest BCUT2D eigenvalue weighted by atomic mass is 19.1. The minimum absolute atomic E-state index is 0.00543. The van der Waals surface area contributed by atoms with Gasteiger partial charge in [-0.3, -0.25) is 10.1 Å². The van der Waals surface area contributed by atoms with Gasteiger partial charge in [0.15, 0.2) is 5.82 Å². The number of benzene rings is 2. The van der Waals surface area contributed by atoms with Crippen LogP contribution in [-0.4, -0.2) is 50.7 Å². The highest BCUT2D eigenvalue weighted by Crippen LogP contribution is 2.35. The fraction of sp³-hybridized carbons (Fsp3) is 0.292. The summed E-state index contributed by atoms with van der Waals surface area (Å²) in [7, 11) is 0. The van der Waals surface area contributed by atoms with E-state index < -0.39 is 17.9 Å². The number of likely N-dealkylation sites (tertiary alicyclic amines) is 1. The Morgan fingerprint density at radius 2 is 1.85 bits per heavy atom. The van der Waals surface area contributed by atoms with Crippen molar-refractivity contribution < 1.29 is 23.8 Å². The van der Waals surface area contributed by atoms with Gasteiger partial charge in [-0.05, 0) is 36.2 Å². The first-order valence-corrected chi connectivity index (χ1v) is 11.0. The molecular weight excluding hydrogens is 444 g/mol. The van der Waals surface area contributed by atoms with Crippen LogP contribution in [0.25, 0.3) is 11.4 Å². The van der Waals surface area contributed by atoms with Gasteiger partial charge in [-0.25, -0.2) is 18.7 Å². The van der Waals surface area contributed by atoms with E-state index in [0.29, 0.717) is 36.5 Å². The number of aromatic nitrogens is 2. The van der Waals surface area contributed by atoms with E-state index in [2.05, 4.69) is 20.6 Å². The van der Waals surface area contributed by atoms with E-state index in [9.17, 15) is 18.7 Å². The van der Waals surface area contributed by atoms with Crippen molar-refractivity contribution in [2.45, 2.75) is 25.1 Å². The molecule has 34 heavy (non-hydrogen) atoms. The summed E-state index contributed by atoms with van der Waals surface area (Å²) in [5, 5.41) is 25.4. The summed E-state index contributed by atoms with van der Waals surface area (Å²) < 4.78 is 28.7. The molecule has 0 saturated carbocycles. The number of rotatable bonds is 6. The number of nitrogens with one attached hydrogen (secondary N) is 2. The summed E-state index contributed by atoms with van der Waals surface area (Å²) in [4.78, 5) is 22.8. The molecule has 176 valence electrons. The first-order chi connectivity index (χ1) is 16.5. The van der Waals surface area contributed by atoms with Crippen LogP contribution < -0.4 is 10.6 Å². The minimum Gasteiger partial charge on any atom is -0.395 e. The molecule has 1 saturated heterocycles. The van der Waals surface area contributed by atoms with Gasteiger partial charge in [0, 0.05) is 25.3 Å². The van der Waals surface area contributed by atoms with E-state index in [0.717, 1.165) is 17.7 Å². The summed E-state index contributed by atoms with van der Waals surface area (Å²) >= 11 is 0. The molecule has 0 radical (unpaired) electrons. The normalized spacial score (nSPS) is 19.5. The van der Waals surface area contributed by atoms with Crippen molar-refractivity contribution in [2.24, 2.45) is 0 Å². The molecule has 5 rings (SSSR count). The first-order valence-electron chi connectivity index (χ1n) is 11.0. The molecule has 8 nitrogen and oxygen atoms in total. The molecule has 3 heterocycles. The van der Waals surface area contributed by atoms with Gasteiger partial charge >= 0.3 is 0 Å². The summed E-state index contributed by atoms with van der Waals surface area (Å²) in [6, 6.07) is 10.8. The Morgan fingerprint density at radius 3 is 2.56 bits per heavy atom. The van der Waals surface area contributed by atoms with Crippen molar-refractivity contribution in [3.63, 3.8) is 0 Å². The maximum absolute atomic E-state index is 14.4. The number of carbonyl (C=O) groups excluding carboxylic acids is 1. The molecule has 1 fully saturated rings. The number of hydrogen-bond donors (Lipinski definition) is 4. The lowest BCUT2D eigenvalue weighted by Crippen LogP contribution is -2.29. The Bertz CT molecular complexity index is 1220. The quantitative estimate of drug-likeness (QED) is 0.441. The van der Waals surface area contributed by atoms with Gasteiger partial charge in [0.2, 0.25) is 5.91 Å². The molecule has 1 amide bonds. The number of nitrogens with zero attached hydrogens (tertiary/aromatic N) is 3. The molecule has 0 bridgehead atoms. The van der Waals surface area contributed by atoms with Gasteiger partial charge in [0.05, 0.1) is 29.3 Å². The second-order valence-corrected chi connectivity index (χ2v) is 8.27. The maximum atomic E-state index is 14.4. The van der Waals surface area contributed by atoms with Gasteiger partial charge in [-0.2, -0.15) is 0 Å². The number of β-amino-alcohol motifs (C(OH)–C–C–N with tert-alkyl or cyclic N) is 1. The van der Waals surface area contributed by atoms with Gasteiger partial charge in [0.1, 0.15) is 23.7 Å². The number of carbonyl (C=O) groups is 1. The number of anilines is 2. The second kappa shape index (κ2) is 9.05. The smallest absolute Gasteiger partial charge is 0.230 e. The number of aliphatic hydroxyl groups excluding tert-OH is 2. The number of hydrogen-bond acceptors (Lipinski definition) is 7. The van der Waals surface area contributed by atoms with Gasteiger partial charge < -0.3 is 20.4 Å². The Hall–Kier alpha value is -3.47. The third-order valence-electron chi connectivity index (χ3n) is 6.19. The van der Waals surface area contributed by atoms with Crippen LogP contribution in [0.5, 0.6) is 0 Å². The van der Waals surface area contributed by atoms with E-state index >= 15 is 0 Å². The van der Waals surface area contributed by atoms with Crippen molar-refractivity contribution in [1.82, 2.24) is 20.2 Å². The highest BCUT2D eigenvalue weighted by molar-refractivity contribution is 5.86. The maximum Gasteiger partial charge on any atom is 0.230 e. The van der Waals surface area contributed by atoms with Crippen LogP contribution in [0, 0.1) is 11.6 Å². The van der Waals surface area contributed by atoms with Crippen LogP contribution in [0.1, 0.15) is 35.4 Å². The Kier molecular flexibility index (Phi) is 5.94. The molecule has 2 aliphatic rings. The van der Waals surface area contributed by atoms with Crippen molar-refractivity contribution >= 4 is 17.4 Å². The lowest BCUT2D eigenvalue weighted by atomic mass is 9.97. The van der Waals surface area contributed by atoms with Crippen LogP contribution in [-0.2, 0) is 11.3 Å². The molecule has 0 aliphatic carbocycles. The summed E-state index contributed by atoms with van der Waals surface area (Å²) in [6.07, 6.45) is -0.342. The van der Waals surface area contributed by atoms with E-state index in [4.69, 9.17) is 5.11 Å². The average molecular weight is 467 g/mol. The molecule has 2 aliphatic heterocycles. The third-order valence-corrected chi connectivity index (χ3v) is 6.19. The fourth-order valence-electron chi connectivity index (χ4n) is 4.48. The van der Waals surface area contributed by atoms with Crippen molar-refractivity contribution in [1.29, 1.82) is 0 Å². The zero-order valence-corrected chi connectivity index (χ0v) is 18.1. The van der Waals surface area contributed by atoms with E-state index in [1.807, 2.05) is 12.1 Å². The van der Waals surface area contributed by atoms with Crippen molar-refractivity contribution in [3.8, 4) is 11.4 Å². The molecule has 0 spiro atoms. The number of amides is 1. The SMILES string of the molecule is O=C1C(c2ccc(Nc3nc(-c4c(F)cccc4F)nc4c3C(O)NC4)cc2)CCN1CCO. The molecule has 2 aromatic carbocycles. The highest BCUT2D eigenvalue weighted by Gasteiger charge is 2.32. The average Bonchev–Trinajstić information content (AvgIpc) is 3.37. The zero-order valence-electron chi connectivity index (χ0n) is 18.1. The molecule has 2 atom stereocenters.